The van der Waals surface area contributed by atoms with Crippen molar-refractivity contribution in [2.24, 2.45) is 0 Å². The first-order valence-electron chi connectivity index (χ1n) is 6.64. The first kappa shape index (κ1) is 16.3. The van der Waals surface area contributed by atoms with Crippen LogP contribution in [0.25, 0.3) is 0 Å². The van der Waals surface area contributed by atoms with E-state index in [9.17, 15) is 13.2 Å². The Labute approximate surface area is 128 Å². The van der Waals surface area contributed by atoms with Crippen molar-refractivity contribution in [3.63, 3.8) is 0 Å². The Morgan fingerprint density at radius 2 is 2.05 bits per heavy atom. The van der Waals surface area contributed by atoms with E-state index in [0.717, 1.165) is 0 Å². The third kappa shape index (κ3) is 3.38. The van der Waals surface area contributed by atoms with E-state index >= 15 is 0 Å². The number of nitrogens with zero attached hydrogens (tertiary/aromatic N) is 2. The van der Waals surface area contributed by atoms with E-state index in [0.29, 0.717) is 37.4 Å². The number of hydrogen-bond donors (Lipinski definition) is 1. The fourth-order valence-corrected chi connectivity index (χ4v) is 4.32. The van der Waals surface area contributed by atoms with Crippen molar-refractivity contribution >= 4 is 27.5 Å². The molecule has 0 aromatic carbocycles. The molecular weight excluding hydrogens is 318 g/mol. The molecule has 21 heavy (non-hydrogen) atoms. The molecule has 1 aliphatic heterocycles. The Morgan fingerprint density at radius 1 is 1.43 bits per heavy atom. The van der Waals surface area contributed by atoms with Crippen molar-refractivity contribution in [1.82, 2.24) is 14.8 Å². The minimum Gasteiger partial charge on any atom is -0.360 e. The molecule has 0 atom stereocenters. The molecule has 2 rings (SSSR count). The van der Waals surface area contributed by atoms with Crippen LogP contribution in [0, 0.1) is 13.8 Å². The van der Waals surface area contributed by atoms with Crippen LogP contribution in [0.4, 0.5) is 0 Å². The van der Waals surface area contributed by atoms with Gasteiger partial charge in [-0.25, -0.2) is 8.42 Å². The Morgan fingerprint density at radius 3 is 2.52 bits per heavy atom. The number of carbonyl (C=O) groups excluding carboxylic acids is 1. The number of aromatic nitrogens is 1. The molecule has 118 valence electrons. The van der Waals surface area contributed by atoms with Gasteiger partial charge in [0, 0.05) is 19.1 Å². The third-order valence-electron chi connectivity index (χ3n) is 3.51. The van der Waals surface area contributed by atoms with Crippen LogP contribution in [0.15, 0.2) is 9.42 Å². The van der Waals surface area contributed by atoms with Crippen molar-refractivity contribution in [2.75, 3.05) is 19.0 Å². The molecule has 0 saturated carbocycles. The third-order valence-corrected chi connectivity index (χ3v) is 5.89. The number of carbonyl (C=O) groups is 1. The van der Waals surface area contributed by atoms with Gasteiger partial charge in [0.25, 0.3) is 0 Å². The highest BCUT2D eigenvalue weighted by Gasteiger charge is 2.33. The highest BCUT2D eigenvalue weighted by molar-refractivity contribution is 7.89. The lowest BCUT2D eigenvalue weighted by atomic mass is 10.1. The topological polar surface area (TPSA) is 92.5 Å². The maximum atomic E-state index is 12.6. The fourth-order valence-electron chi connectivity index (χ4n) is 2.48. The average Bonchev–Trinajstić information content (AvgIpc) is 2.79. The quantitative estimate of drug-likeness (QED) is 0.821. The van der Waals surface area contributed by atoms with Gasteiger partial charge in [0.15, 0.2) is 5.76 Å². The zero-order valence-electron chi connectivity index (χ0n) is 11.9. The second kappa shape index (κ2) is 6.33. The van der Waals surface area contributed by atoms with Gasteiger partial charge in [-0.15, -0.1) is 11.6 Å². The van der Waals surface area contributed by atoms with Crippen LogP contribution in [0.2, 0.25) is 0 Å². The molecule has 1 aromatic heterocycles. The van der Waals surface area contributed by atoms with E-state index < -0.39 is 10.0 Å². The van der Waals surface area contributed by atoms with Crippen LogP contribution >= 0.6 is 11.6 Å². The van der Waals surface area contributed by atoms with Crippen LogP contribution in [0.1, 0.15) is 24.3 Å². The summed E-state index contributed by atoms with van der Waals surface area (Å²) in [5.74, 6) is -0.0221. The van der Waals surface area contributed by atoms with E-state index in [-0.39, 0.29) is 22.7 Å². The number of hydrogen-bond acceptors (Lipinski definition) is 5. The molecule has 1 N–H and O–H groups in total. The molecule has 7 nitrogen and oxygen atoms in total. The van der Waals surface area contributed by atoms with Gasteiger partial charge in [-0.1, -0.05) is 5.16 Å². The lowest BCUT2D eigenvalue weighted by Crippen LogP contribution is -2.46. The molecule has 0 spiro atoms. The number of amides is 1. The van der Waals surface area contributed by atoms with Crippen molar-refractivity contribution in [1.29, 1.82) is 0 Å². The highest BCUT2D eigenvalue weighted by atomic mass is 35.5. The predicted octanol–water partition coefficient (Wildman–Crippen LogP) is 0.800. The summed E-state index contributed by atoms with van der Waals surface area (Å²) in [7, 11) is -3.60. The molecule has 1 amide bonds. The number of rotatable bonds is 4. The number of alkyl halides is 1. The lowest BCUT2D eigenvalue weighted by molar-refractivity contribution is -0.119. The molecule has 1 aliphatic rings. The number of sulfonamides is 1. The predicted molar refractivity (Wildman–Crippen MR) is 76.6 cm³/mol. The van der Waals surface area contributed by atoms with E-state index in [1.807, 2.05) is 0 Å². The van der Waals surface area contributed by atoms with E-state index in [2.05, 4.69) is 10.5 Å². The Balaban J connectivity index is 2.07. The Hall–Kier alpha value is -1.12. The molecule has 9 heteroatoms. The highest BCUT2D eigenvalue weighted by Crippen LogP contribution is 2.25. The summed E-state index contributed by atoms with van der Waals surface area (Å²) >= 11 is 5.44. The maximum Gasteiger partial charge on any atom is 0.248 e. The van der Waals surface area contributed by atoms with Gasteiger partial charge in [0.1, 0.15) is 16.5 Å². The zero-order valence-corrected chi connectivity index (χ0v) is 13.5. The largest absolute Gasteiger partial charge is 0.360 e. The summed E-state index contributed by atoms with van der Waals surface area (Å²) in [6.45, 7) is 3.89. The molecule has 0 aliphatic carbocycles. The van der Waals surface area contributed by atoms with Crippen molar-refractivity contribution < 1.29 is 17.7 Å². The monoisotopic (exact) mass is 335 g/mol. The molecule has 0 unspecified atom stereocenters. The molecule has 0 radical (unpaired) electrons. The maximum absolute atomic E-state index is 12.6. The van der Waals surface area contributed by atoms with Gasteiger partial charge < -0.3 is 9.84 Å². The van der Waals surface area contributed by atoms with Crippen LogP contribution < -0.4 is 5.32 Å². The van der Waals surface area contributed by atoms with Crippen molar-refractivity contribution in [3.8, 4) is 0 Å². The summed E-state index contributed by atoms with van der Waals surface area (Å²) < 4.78 is 31.5. The standard InChI is InChI=1S/C12H18ClN3O4S/c1-8-12(9(2)20-15-8)21(18,19)16-5-3-10(4-6-16)14-11(17)7-13/h10H,3-7H2,1-2H3,(H,14,17). The van der Waals surface area contributed by atoms with Gasteiger partial charge in [0.05, 0.1) is 0 Å². The summed E-state index contributed by atoms with van der Waals surface area (Å²) in [5.41, 5.74) is 0.366. The number of piperidine rings is 1. The zero-order chi connectivity index (χ0) is 15.6. The van der Waals surface area contributed by atoms with Crippen LogP contribution in [-0.4, -0.2) is 48.8 Å². The summed E-state index contributed by atoms with van der Waals surface area (Å²) in [6, 6.07) is -0.0348. The second-order valence-corrected chi connectivity index (χ2v) is 7.17. The molecule has 1 fully saturated rings. The molecular formula is C12H18ClN3O4S. The Bertz CT molecular complexity index is 601. The van der Waals surface area contributed by atoms with Crippen molar-refractivity contribution in [2.45, 2.75) is 37.6 Å². The van der Waals surface area contributed by atoms with E-state index in [1.54, 1.807) is 13.8 Å². The molecule has 0 bridgehead atoms. The first-order chi connectivity index (χ1) is 9.86. The first-order valence-corrected chi connectivity index (χ1v) is 8.62. The molecule has 1 saturated heterocycles. The van der Waals surface area contributed by atoms with E-state index in [4.69, 9.17) is 16.1 Å². The molecule has 2 heterocycles. The van der Waals surface area contributed by atoms with Gasteiger partial charge in [-0.2, -0.15) is 4.31 Å². The number of aryl methyl sites for hydroxylation is 2. The van der Waals surface area contributed by atoms with Crippen LogP contribution in [-0.2, 0) is 14.8 Å². The SMILES string of the molecule is Cc1noc(C)c1S(=O)(=O)N1CCC(NC(=O)CCl)CC1. The summed E-state index contributed by atoms with van der Waals surface area (Å²) in [4.78, 5) is 11.4. The van der Waals surface area contributed by atoms with Crippen LogP contribution in [0.5, 0.6) is 0 Å². The van der Waals surface area contributed by atoms with Gasteiger partial charge >= 0.3 is 0 Å². The normalized spacial score (nSPS) is 17.9. The minimum atomic E-state index is -3.60. The van der Waals surface area contributed by atoms with E-state index in [1.165, 1.54) is 4.31 Å². The fraction of sp³-hybridized carbons (Fsp3) is 0.667. The Kier molecular flexibility index (Phi) is 4.90. The molecule has 1 aromatic rings. The van der Waals surface area contributed by atoms with Gasteiger partial charge in [0.2, 0.25) is 15.9 Å². The summed E-state index contributed by atoms with van der Waals surface area (Å²) in [5, 5.41) is 6.47. The van der Waals surface area contributed by atoms with Gasteiger partial charge in [-0.05, 0) is 26.7 Å². The van der Waals surface area contributed by atoms with Crippen LogP contribution in [0.3, 0.4) is 0 Å². The number of halogens is 1. The second-order valence-electron chi connectivity index (χ2n) is 5.03. The van der Waals surface area contributed by atoms with Gasteiger partial charge in [-0.3, -0.25) is 4.79 Å². The number of nitrogens with one attached hydrogen (secondary N) is 1. The lowest BCUT2D eigenvalue weighted by Gasteiger charge is -2.31. The summed E-state index contributed by atoms with van der Waals surface area (Å²) in [6.07, 6.45) is 1.12. The smallest absolute Gasteiger partial charge is 0.248 e. The average molecular weight is 336 g/mol. The van der Waals surface area contributed by atoms with Crippen molar-refractivity contribution in [3.05, 3.63) is 11.5 Å². The minimum absolute atomic E-state index is 0.0348.